The molecule has 8 nitrogen and oxygen atoms in total. The van der Waals surface area contributed by atoms with Crippen molar-refractivity contribution in [3.63, 3.8) is 0 Å². The Labute approximate surface area is 154 Å². The second-order valence-electron chi connectivity index (χ2n) is 6.67. The van der Waals surface area contributed by atoms with E-state index in [0.717, 1.165) is 11.2 Å². The normalized spacial score (nSPS) is 21.3. The summed E-state index contributed by atoms with van der Waals surface area (Å²) in [5.74, 6) is -0.319. The van der Waals surface area contributed by atoms with Gasteiger partial charge < -0.3 is 14.5 Å². The van der Waals surface area contributed by atoms with Gasteiger partial charge in [-0.15, -0.1) is 0 Å². The van der Waals surface area contributed by atoms with Crippen molar-refractivity contribution < 1.29 is 26.3 Å². The SMILES string of the molecule is CS(=O)(=O)CCN1c2nc(N3CCOCC3)cc(=O)n2CC[C@H]1C(F)(F)F. The fourth-order valence-electron chi connectivity index (χ4n) is 3.27. The zero-order chi connectivity index (χ0) is 19.8. The highest BCUT2D eigenvalue weighted by Crippen LogP contribution is 2.34. The second-order valence-corrected chi connectivity index (χ2v) is 8.93. The van der Waals surface area contributed by atoms with Gasteiger partial charge in [-0.05, 0) is 6.42 Å². The summed E-state index contributed by atoms with van der Waals surface area (Å²) in [4.78, 5) is 19.5. The summed E-state index contributed by atoms with van der Waals surface area (Å²) in [6.07, 6.45) is -3.93. The Balaban J connectivity index is 2.02. The number of morpholine rings is 1. The Hall–Kier alpha value is -1.82. The van der Waals surface area contributed by atoms with E-state index < -0.39 is 33.4 Å². The zero-order valence-electron chi connectivity index (χ0n) is 14.8. The smallest absolute Gasteiger partial charge is 0.378 e. The minimum absolute atomic E-state index is 0.121. The molecule has 1 atom stereocenters. The predicted octanol–water partition coefficient (Wildman–Crippen LogP) is 0.265. The summed E-state index contributed by atoms with van der Waals surface area (Å²) in [6.45, 7) is 1.31. The lowest BCUT2D eigenvalue weighted by Crippen LogP contribution is -2.54. The molecule has 1 aromatic rings. The molecule has 12 heteroatoms. The van der Waals surface area contributed by atoms with E-state index in [-0.39, 0.29) is 31.3 Å². The average Bonchev–Trinajstić information content (AvgIpc) is 2.58. The average molecular weight is 410 g/mol. The van der Waals surface area contributed by atoms with Crippen molar-refractivity contribution in [1.82, 2.24) is 9.55 Å². The summed E-state index contributed by atoms with van der Waals surface area (Å²) in [6, 6.07) is -0.580. The second kappa shape index (κ2) is 7.30. The van der Waals surface area contributed by atoms with Crippen LogP contribution in [0.1, 0.15) is 6.42 Å². The van der Waals surface area contributed by atoms with Crippen molar-refractivity contribution in [2.75, 3.05) is 54.7 Å². The Morgan fingerprint density at radius 3 is 2.52 bits per heavy atom. The highest BCUT2D eigenvalue weighted by atomic mass is 32.2. The van der Waals surface area contributed by atoms with Gasteiger partial charge in [0.15, 0.2) is 0 Å². The van der Waals surface area contributed by atoms with Crippen LogP contribution in [0.2, 0.25) is 0 Å². The maximum atomic E-state index is 13.5. The number of hydrogen-bond donors (Lipinski definition) is 0. The molecule has 0 unspecified atom stereocenters. The topological polar surface area (TPSA) is 84.7 Å². The molecule has 0 bridgehead atoms. The number of sulfone groups is 1. The molecule has 0 aromatic carbocycles. The van der Waals surface area contributed by atoms with Crippen molar-refractivity contribution in [2.45, 2.75) is 25.2 Å². The number of rotatable bonds is 4. The molecule has 1 saturated heterocycles. The van der Waals surface area contributed by atoms with Gasteiger partial charge in [0, 0.05) is 38.5 Å². The summed E-state index contributed by atoms with van der Waals surface area (Å²) >= 11 is 0. The molecule has 2 aliphatic heterocycles. The van der Waals surface area contributed by atoms with E-state index in [0.29, 0.717) is 26.3 Å². The van der Waals surface area contributed by atoms with Gasteiger partial charge >= 0.3 is 6.18 Å². The number of ether oxygens (including phenoxy) is 1. The molecule has 0 N–H and O–H groups in total. The lowest BCUT2D eigenvalue weighted by atomic mass is 10.1. The van der Waals surface area contributed by atoms with E-state index in [1.807, 2.05) is 0 Å². The molecule has 0 amide bonds. The summed E-state index contributed by atoms with van der Waals surface area (Å²) in [5, 5.41) is 0. The van der Waals surface area contributed by atoms with Gasteiger partial charge in [-0.2, -0.15) is 18.2 Å². The minimum atomic E-state index is -4.56. The zero-order valence-corrected chi connectivity index (χ0v) is 15.6. The third-order valence-electron chi connectivity index (χ3n) is 4.65. The Kier molecular flexibility index (Phi) is 5.39. The summed E-state index contributed by atoms with van der Waals surface area (Å²) < 4.78 is 70.0. The lowest BCUT2D eigenvalue weighted by Gasteiger charge is -2.39. The van der Waals surface area contributed by atoms with Gasteiger partial charge in [0.05, 0.1) is 19.0 Å². The van der Waals surface area contributed by atoms with Crippen molar-refractivity contribution in [1.29, 1.82) is 0 Å². The first kappa shape index (κ1) is 19.9. The highest BCUT2D eigenvalue weighted by Gasteiger charge is 2.47. The molecule has 3 rings (SSSR count). The highest BCUT2D eigenvalue weighted by molar-refractivity contribution is 7.90. The monoisotopic (exact) mass is 410 g/mol. The number of anilines is 2. The molecular formula is C15H21F3N4O4S. The van der Waals surface area contributed by atoms with Gasteiger partial charge in [0.2, 0.25) is 5.95 Å². The van der Waals surface area contributed by atoms with Crippen LogP contribution in [0.4, 0.5) is 24.9 Å². The van der Waals surface area contributed by atoms with E-state index in [9.17, 15) is 26.4 Å². The number of fused-ring (bicyclic) bond motifs is 1. The number of aromatic nitrogens is 2. The first-order chi connectivity index (χ1) is 12.6. The first-order valence-corrected chi connectivity index (χ1v) is 10.6. The van der Waals surface area contributed by atoms with Crippen molar-refractivity contribution in [3.05, 3.63) is 16.4 Å². The van der Waals surface area contributed by atoms with Gasteiger partial charge in [-0.3, -0.25) is 9.36 Å². The maximum Gasteiger partial charge on any atom is 0.408 e. The first-order valence-electron chi connectivity index (χ1n) is 8.52. The largest absolute Gasteiger partial charge is 0.408 e. The molecule has 0 aliphatic carbocycles. The third-order valence-corrected chi connectivity index (χ3v) is 5.57. The van der Waals surface area contributed by atoms with Crippen molar-refractivity contribution in [3.8, 4) is 0 Å². The predicted molar refractivity (Wildman–Crippen MR) is 93.0 cm³/mol. The van der Waals surface area contributed by atoms with Crippen LogP contribution >= 0.6 is 0 Å². The molecule has 2 aliphatic rings. The van der Waals surface area contributed by atoms with Crippen LogP contribution in [0.15, 0.2) is 10.9 Å². The van der Waals surface area contributed by atoms with Gasteiger partial charge in [0.25, 0.3) is 5.56 Å². The van der Waals surface area contributed by atoms with E-state index in [2.05, 4.69) is 4.98 Å². The Morgan fingerprint density at radius 2 is 1.93 bits per heavy atom. The minimum Gasteiger partial charge on any atom is -0.378 e. The van der Waals surface area contributed by atoms with E-state index >= 15 is 0 Å². The quantitative estimate of drug-likeness (QED) is 0.704. The third kappa shape index (κ3) is 4.54. The fraction of sp³-hybridized carbons (Fsp3) is 0.733. The van der Waals surface area contributed by atoms with E-state index in [4.69, 9.17) is 4.74 Å². The van der Waals surface area contributed by atoms with Gasteiger partial charge in [-0.25, -0.2) is 8.42 Å². The van der Waals surface area contributed by atoms with Crippen LogP contribution < -0.4 is 15.4 Å². The number of nitrogens with zero attached hydrogens (tertiary/aromatic N) is 4. The van der Waals surface area contributed by atoms with Crippen LogP contribution in [0.3, 0.4) is 0 Å². The molecule has 27 heavy (non-hydrogen) atoms. The van der Waals surface area contributed by atoms with Crippen LogP contribution in [0.25, 0.3) is 0 Å². The van der Waals surface area contributed by atoms with Crippen molar-refractivity contribution >= 4 is 21.6 Å². The molecule has 0 radical (unpaired) electrons. The van der Waals surface area contributed by atoms with Gasteiger partial charge in [0.1, 0.15) is 21.7 Å². The maximum absolute atomic E-state index is 13.5. The molecular weight excluding hydrogens is 389 g/mol. The fourth-order valence-corrected chi connectivity index (χ4v) is 3.80. The van der Waals surface area contributed by atoms with E-state index in [1.54, 1.807) is 4.90 Å². The molecule has 0 spiro atoms. The number of halogens is 3. The van der Waals surface area contributed by atoms with E-state index in [1.165, 1.54) is 10.6 Å². The molecule has 0 saturated carbocycles. The number of hydrogen-bond acceptors (Lipinski definition) is 7. The molecule has 1 fully saturated rings. The number of alkyl halides is 3. The van der Waals surface area contributed by atoms with Crippen LogP contribution in [0, 0.1) is 0 Å². The summed E-state index contributed by atoms with van der Waals surface area (Å²) in [7, 11) is -3.49. The van der Waals surface area contributed by atoms with Crippen molar-refractivity contribution in [2.24, 2.45) is 0 Å². The lowest BCUT2D eigenvalue weighted by molar-refractivity contribution is -0.152. The summed E-state index contributed by atoms with van der Waals surface area (Å²) in [5.41, 5.74) is -0.452. The molecule has 1 aromatic heterocycles. The van der Waals surface area contributed by atoms with Crippen LogP contribution in [-0.4, -0.2) is 75.0 Å². The molecule has 152 valence electrons. The molecule has 3 heterocycles. The Morgan fingerprint density at radius 1 is 1.26 bits per heavy atom. The Bertz CT molecular complexity index is 850. The van der Waals surface area contributed by atoms with Crippen LogP contribution in [-0.2, 0) is 21.1 Å². The standard InChI is InChI=1S/C15H21F3N4O4S/c1-27(24,25)9-6-21-11(15(16,17)18)2-3-22-13(23)10-12(19-14(21)22)20-4-7-26-8-5-20/h10-11H,2-9H2,1H3/t11-/m0/s1. The van der Waals surface area contributed by atoms with Crippen LogP contribution in [0.5, 0.6) is 0 Å². The van der Waals surface area contributed by atoms with Gasteiger partial charge in [-0.1, -0.05) is 0 Å².